The van der Waals surface area contributed by atoms with Gasteiger partial charge in [-0.15, -0.1) is 0 Å². The molecule has 20 heavy (non-hydrogen) atoms. The highest BCUT2D eigenvalue weighted by molar-refractivity contribution is 7.46. The summed E-state index contributed by atoms with van der Waals surface area (Å²) in [5.74, 6) is 0. The molecule has 1 aromatic heterocycles. The second-order valence-corrected chi connectivity index (χ2v) is 5.53. The molecule has 0 amide bonds. The quantitative estimate of drug-likeness (QED) is 0.496. The first kappa shape index (κ1) is 15.1. The number of aromatic nitrogens is 2. The van der Waals surface area contributed by atoms with Gasteiger partial charge in [-0.2, -0.15) is 0 Å². The molecule has 1 fully saturated rings. The summed E-state index contributed by atoms with van der Waals surface area (Å²) >= 11 is 0. The Balaban J connectivity index is 2.25. The smallest absolute Gasteiger partial charge is 0.388 e. The molecule has 11 heteroatoms. The fourth-order valence-corrected chi connectivity index (χ4v) is 2.29. The van der Waals surface area contributed by atoms with E-state index in [2.05, 4.69) is 9.51 Å². The maximum absolute atomic E-state index is 11.6. The molecule has 0 radical (unpaired) electrons. The highest BCUT2D eigenvalue weighted by Gasteiger charge is 2.40. The zero-order chi connectivity index (χ0) is 15.1. The van der Waals surface area contributed by atoms with Crippen LogP contribution in [-0.2, 0) is 13.8 Å². The van der Waals surface area contributed by atoms with Crippen molar-refractivity contribution in [2.24, 2.45) is 0 Å². The number of aliphatic hydroxyl groups is 1. The van der Waals surface area contributed by atoms with Gasteiger partial charge in [0.15, 0.2) is 6.29 Å². The number of rotatable bonds is 3. The van der Waals surface area contributed by atoms with Crippen molar-refractivity contribution in [2.45, 2.75) is 32.0 Å². The second kappa shape index (κ2) is 5.24. The molecule has 4 N–H and O–H groups in total. The van der Waals surface area contributed by atoms with Crippen LogP contribution in [0.25, 0.3) is 0 Å². The van der Waals surface area contributed by atoms with Gasteiger partial charge in [0.2, 0.25) is 0 Å². The van der Waals surface area contributed by atoms with E-state index in [0.717, 1.165) is 4.57 Å². The fraction of sp³-hybridized carbons (Fsp3) is 0.556. The standard InChI is InChI=1S/C9H13N2O8P/c1-4-3-11(9(14)10-7(4)13)6-2-5(12)8(18-6)19-20(15,16)17/h3,5-6,8,12H,2H2,1H3,(H,10,13,14)(H2,15,16,17)/t5-,6+,8+/m0/s1. The number of nitrogens with zero attached hydrogens (tertiary/aromatic N) is 1. The number of ether oxygens (including phenoxy) is 1. The van der Waals surface area contributed by atoms with Crippen LogP contribution in [0.5, 0.6) is 0 Å². The molecular formula is C9H13N2O8P. The number of hydrogen-bond donors (Lipinski definition) is 4. The third-order valence-corrected chi connectivity index (χ3v) is 3.23. The van der Waals surface area contributed by atoms with E-state index in [1.165, 1.54) is 13.1 Å². The summed E-state index contributed by atoms with van der Waals surface area (Å²) in [6.45, 7) is 1.48. The number of phosphoric acid groups is 1. The topological polar surface area (TPSA) is 151 Å². The zero-order valence-corrected chi connectivity index (χ0v) is 11.2. The van der Waals surface area contributed by atoms with E-state index < -0.39 is 37.7 Å². The van der Waals surface area contributed by atoms with Crippen LogP contribution in [0.4, 0.5) is 0 Å². The minimum absolute atomic E-state index is 0.115. The summed E-state index contributed by atoms with van der Waals surface area (Å²) in [7, 11) is -4.83. The Hall–Kier alpha value is -1.29. The van der Waals surface area contributed by atoms with Gasteiger partial charge in [0.25, 0.3) is 5.56 Å². The molecule has 0 spiro atoms. The van der Waals surface area contributed by atoms with Crippen molar-refractivity contribution in [3.63, 3.8) is 0 Å². The van der Waals surface area contributed by atoms with E-state index in [-0.39, 0.29) is 12.0 Å². The maximum Gasteiger partial charge on any atom is 0.472 e. The number of nitrogens with one attached hydrogen (secondary N) is 1. The van der Waals surface area contributed by atoms with Crippen molar-refractivity contribution < 1.29 is 28.7 Å². The van der Waals surface area contributed by atoms with E-state index in [4.69, 9.17) is 14.5 Å². The normalized spacial score (nSPS) is 26.9. The molecule has 0 aliphatic carbocycles. The lowest BCUT2D eigenvalue weighted by Gasteiger charge is -2.16. The molecule has 2 rings (SSSR count). The lowest BCUT2D eigenvalue weighted by atomic mass is 10.2. The number of aryl methyl sites for hydroxylation is 1. The molecule has 112 valence electrons. The Morgan fingerprint density at radius 2 is 2.15 bits per heavy atom. The van der Waals surface area contributed by atoms with Crippen LogP contribution in [0.2, 0.25) is 0 Å². The summed E-state index contributed by atoms with van der Waals surface area (Å²) in [6.07, 6.45) is -2.74. The average molecular weight is 308 g/mol. The Labute approximate surface area is 111 Å². The highest BCUT2D eigenvalue weighted by Crippen LogP contribution is 2.42. The minimum Gasteiger partial charge on any atom is -0.388 e. The predicted octanol–water partition coefficient (Wildman–Crippen LogP) is -1.44. The molecule has 0 bridgehead atoms. The number of aromatic amines is 1. The SMILES string of the molecule is Cc1cn([C@H]2C[C@H](O)[C@@H](OP(=O)(O)O)O2)c(=O)[nH]c1=O. The van der Waals surface area contributed by atoms with Crippen molar-refractivity contribution in [3.8, 4) is 0 Å². The molecule has 0 saturated carbocycles. The molecule has 1 aromatic rings. The van der Waals surface area contributed by atoms with Crippen molar-refractivity contribution in [1.29, 1.82) is 0 Å². The summed E-state index contributed by atoms with van der Waals surface area (Å²) in [5, 5.41) is 9.62. The lowest BCUT2D eigenvalue weighted by molar-refractivity contribution is -0.135. The van der Waals surface area contributed by atoms with Gasteiger partial charge in [-0.25, -0.2) is 9.36 Å². The Kier molecular flexibility index (Phi) is 3.96. The van der Waals surface area contributed by atoms with Crippen LogP contribution in [0.3, 0.4) is 0 Å². The lowest BCUT2D eigenvalue weighted by Crippen LogP contribution is -2.33. The molecule has 3 atom stereocenters. The first-order valence-corrected chi connectivity index (χ1v) is 7.10. The molecule has 0 aromatic carbocycles. The molecule has 2 heterocycles. The van der Waals surface area contributed by atoms with E-state index in [1.807, 2.05) is 0 Å². The van der Waals surface area contributed by atoms with Crippen molar-refractivity contribution in [2.75, 3.05) is 0 Å². The van der Waals surface area contributed by atoms with Gasteiger partial charge in [-0.1, -0.05) is 0 Å². The predicted molar refractivity (Wildman–Crippen MR) is 63.7 cm³/mol. The summed E-state index contributed by atoms with van der Waals surface area (Å²) in [4.78, 5) is 42.3. The fourth-order valence-electron chi connectivity index (χ4n) is 1.83. The summed E-state index contributed by atoms with van der Waals surface area (Å²) in [5.41, 5.74) is -1.05. The number of aliphatic hydroxyl groups excluding tert-OH is 1. The van der Waals surface area contributed by atoms with E-state index in [1.54, 1.807) is 0 Å². The van der Waals surface area contributed by atoms with Crippen LogP contribution in [-0.4, -0.2) is 36.8 Å². The van der Waals surface area contributed by atoms with Crippen LogP contribution >= 0.6 is 7.82 Å². The van der Waals surface area contributed by atoms with Crippen LogP contribution in [0.15, 0.2) is 15.8 Å². The van der Waals surface area contributed by atoms with Crippen molar-refractivity contribution >= 4 is 7.82 Å². The molecule has 0 unspecified atom stereocenters. The van der Waals surface area contributed by atoms with Gasteiger partial charge >= 0.3 is 13.5 Å². The average Bonchev–Trinajstić information content (AvgIpc) is 2.63. The summed E-state index contributed by atoms with van der Waals surface area (Å²) < 4.78 is 21.1. The second-order valence-electron chi connectivity index (χ2n) is 4.34. The molecule has 1 saturated heterocycles. The molecular weight excluding hydrogens is 295 g/mol. The van der Waals surface area contributed by atoms with E-state index in [9.17, 15) is 19.3 Å². The molecule has 10 nitrogen and oxygen atoms in total. The van der Waals surface area contributed by atoms with E-state index in [0.29, 0.717) is 0 Å². The number of phosphoric ester groups is 1. The molecule has 1 aliphatic rings. The third-order valence-electron chi connectivity index (χ3n) is 2.75. The molecule has 1 aliphatic heterocycles. The van der Waals surface area contributed by atoms with Gasteiger partial charge in [-0.05, 0) is 6.92 Å². The van der Waals surface area contributed by atoms with Crippen molar-refractivity contribution in [3.05, 3.63) is 32.6 Å². The number of hydrogen-bond acceptors (Lipinski definition) is 6. The maximum atomic E-state index is 11.6. The van der Waals surface area contributed by atoms with Gasteiger partial charge in [0.1, 0.15) is 12.3 Å². The zero-order valence-electron chi connectivity index (χ0n) is 10.3. The van der Waals surface area contributed by atoms with Crippen LogP contribution in [0, 0.1) is 6.92 Å². The van der Waals surface area contributed by atoms with Gasteiger partial charge in [0.05, 0.1) is 0 Å². The highest BCUT2D eigenvalue weighted by atomic mass is 31.2. The monoisotopic (exact) mass is 308 g/mol. The van der Waals surface area contributed by atoms with Crippen LogP contribution < -0.4 is 11.2 Å². The summed E-state index contributed by atoms with van der Waals surface area (Å²) in [6, 6.07) is 0. The third kappa shape index (κ3) is 3.23. The Morgan fingerprint density at radius 3 is 2.75 bits per heavy atom. The first-order chi connectivity index (χ1) is 9.17. The van der Waals surface area contributed by atoms with Gasteiger partial charge in [0, 0.05) is 18.2 Å². The van der Waals surface area contributed by atoms with E-state index >= 15 is 0 Å². The Bertz CT molecular complexity index is 661. The first-order valence-electron chi connectivity index (χ1n) is 5.57. The van der Waals surface area contributed by atoms with Gasteiger partial charge < -0.3 is 19.6 Å². The van der Waals surface area contributed by atoms with Crippen molar-refractivity contribution in [1.82, 2.24) is 9.55 Å². The minimum atomic E-state index is -4.83. The number of H-pyrrole nitrogens is 1. The largest absolute Gasteiger partial charge is 0.472 e. The van der Waals surface area contributed by atoms with Crippen LogP contribution in [0.1, 0.15) is 18.2 Å². The Morgan fingerprint density at radius 1 is 1.50 bits per heavy atom. The van der Waals surface area contributed by atoms with Gasteiger partial charge in [-0.3, -0.25) is 18.9 Å².